The van der Waals surface area contributed by atoms with Crippen LogP contribution in [0.5, 0.6) is 0 Å². The van der Waals surface area contributed by atoms with E-state index in [4.69, 9.17) is 14.7 Å². The largest absolute Gasteiger partial charge is 0.466 e. The van der Waals surface area contributed by atoms with Crippen molar-refractivity contribution in [2.45, 2.75) is 34.6 Å². The Labute approximate surface area is 170 Å². The van der Waals surface area contributed by atoms with Gasteiger partial charge in [0.1, 0.15) is 11.5 Å². The summed E-state index contributed by atoms with van der Waals surface area (Å²) < 4.78 is 11.0. The third-order valence-corrected chi connectivity index (χ3v) is 4.73. The van der Waals surface area contributed by atoms with Gasteiger partial charge in [0, 0.05) is 19.2 Å². The molecule has 0 aliphatic carbocycles. The van der Waals surface area contributed by atoms with Crippen LogP contribution in [0.25, 0.3) is 22.4 Å². The minimum absolute atomic E-state index is 0. The van der Waals surface area contributed by atoms with Gasteiger partial charge in [-0.3, -0.25) is 4.79 Å². The van der Waals surface area contributed by atoms with Gasteiger partial charge in [-0.05, 0) is 44.9 Å². The molecule has 3 rings (SSSR count). The van der Waals surface area contributed by atoms with Crippen LogP contribution in [-0.4, -0.2) is 41.1 Å². The molecule has 3 aromatic rings. The fourth-order valence-electron chi connectivity index (χ4n) is 3.27. The lowest BCUT2D eigenvalue weighted by Crippen LogP contribution is -2.39. The number of amides is 1. The maximum Gasteiger partial charge on any atom is 0.259 e. The fraction of sp³-hybridized carbons (Fsp3) is 0.450. The number of rotatable bonds is 5. The van der Waals surface area contributed by atoms with Crippen molar-refractivity contribution in [1.82, 2.24) is 15.0 Å². The molecule has 3 aromatic heterocycles. The van der Waals surface area contributed by atoms with Gasteiger partial charge in [0.2, 0.25) is 0 Å². The van der Waals surface area contributed by atoms with Gasteiger partial charge < -0.3 is 19.6 Å². The number of halogens is 1. The summed E-state index contributed by atoms with van der Waals surface area (Å²) in [6.45, 7) is 10.6. The lowest BCUT2D eigenvalue weighted by Gasteiger charge is -2.29. The van der Waals surface area contributed by atoms with E-state index < -0.39 is 0 Å². The number of nitrogens with zero attached hydrogens (tertiary/aromatic N) is 3. The van der Waals surface area contributed by atoms with E-state index in [1.54, 1.807) is 24.9 Å². The Balaban J connectivity index is 0.00000280. The molecule has 0 aliphatic heterocycles. The molecule has 0 saturated heterocycles. The molecule has 0 bridgehead atoms. The molecule has 0 aliphatic rings. The summed E-state index contributed by atoms with van der Waals surface area (Å²) in [5.74, 6) is 1.41. The zero-order valence-corrected chi connectivity index (χ0v) is 17.9. The van der Waals surface area contributed by atoms with Crippen LogP contribution in [0.15, 0.2) is 21.1 Å². The standard InChI is InChI=1S/C20H26N4O3.ClH/c1-11-7-14(13(3)26-11)16-8-15(17-12(2)23-27-18(17)22-16)19(25)24(6)10-20(4,5)9-21;/h7-8H,9-10,21H2,1-6H3;1H. The van der Waals surface area contributed by atoms with Crippen LogP contribution < -0.4 is 5.73 Å². The average molecular weight is 407 g/mol. The highest BCUT2D eigenvalue weighted by molar-refractivity contribution is 6.07. The van der Waals surface area contributed by atoms with Crippen LogP contribution in [0.2, 0.25) is 0 Å². The van der Waals surface area contributed by atoms with E-state index in [2.05, 4.69) is 10.1 Å². The quantitative estimate of drug-likeness (QED) is 0.690. The van der Waals surface area contributed by atoms with Crippen molar-refractivity contribution in [2.24, 2.45) is 11.1 Å². The monoisotopic (exact) mass is 406 g/mol. The second kappa shape index (κ2) is 7.93. The van der Waals surface area contributed by atoms with Crippen molar-refractivity contribution < 1.29 is 13.7 Å². The Kier molecular flexibility index (Phi) is 6.21. The predicted octanol–water partition coefficient (Wildman–Crippen LogP) is 3.89. The molecule has 7 nitrogen and oxygen atoms in total. The molecule has 0 spiro atoms. The topological polar surface area (TPSA) is 98.4 Å². The minimum atomic E-state index is -0.179. The number of hydrogen-bond donors (Lipinski definition) is 1. The van der Waals surface area contributed by atoms with Crippen LogP contribution in [0.3, 0.4) is 0 Å². The van der Waals surface area contributed by atoms with Crippen molar-refractivity contribution in [3.05, 3.63) is 34.9 Å². The van der Waals surface area contributed by atoms with Crippen LogP contribution in [0.1, 0.15) is 41.4 Å². The molecule has 0 fully saturated rings. The molecule has 2 N–H and O–H groups in total. The van der Waals surface area contributed by atoms with Crippen molar-refractivity contribution in [2.75, 3.05) is 20.1 Å². The molecule has 0 atom stereocenters. The maximum atomic E-state index is 13.2. The lowest BCUT2D eigenvalue weighted by atomic mass is 9.93. The van der Waals surface area contributed by atoms with E-state index in [0.717, 1.165) is 17.1 Å². The van der Waals surface area contributed by atoms with Gasteiger partial charge in [0.15, 0.2) is 0 Å². The first-order valence-electron chi connectivity index (χ1n) is 8.93. The first-order chi connectivity index (χ1) is 12.6. The molecule has 0 radical (unpaired) electrons. The third kappa shape index (κ3) is 4.05. The van der Waals surface area contributed by atoms with Crippen LogP contribution in [0, 0.1) is 26.2 Å². The number of fused-ring (bicyclic) bond motifs is 1. The van der Waals surface area contributed by atoms with Gasteiger partial charge in [-0.25, -0.2) is 4.98 Å². The summed E-state index contributed by atoms with van der Waals surface area (Å²) in [5, 5.41) is 4.64. The van der Waals surface area contributed by atoms with E-state index in [1.807, 2.05) is 33.8 Å². The Bertz CT molecular complexity index is 1010. The highest BCUT2D eigenvalue weighted by Gasteiger charge is 2.26. The highest BCUT2D eigenvalue weighted by Crippen LogP contribution is 2.31. The number of aryl methyl sites for hydroxylation is 3. The van der Waals surface area contributed by atoms with Gasteiger partial charge in [0.25, 0.3) is 11.6 Å². The second-order valence-corrected chi connectivity index (χ2v) is 7.86. The summed E-state index contributed by atoms with van der Waals surface area (Å²) >= 11 is 0. The van der Waals surface area contributed by atoms with E-state index in [0.29, 0.717) is 41.1 Å². The van der Waals surface area contributed by atoms with Gasteiger partial charge in [-0.15, -0.1) is 12.4 Å². The molecule has 3 heterocycles. The Morgan fingerprint density at radius 2 is 1.93 bits per heavy atom. The molecule has 28 heavy (non-hydrogen) atoms. The summed E-state index contributed by atoms with van der Waals surface area (Å²) in [6.07, 6.45) is 0. The summed E-state index contributed by atoms with van der Waals surface area (Å²) in [5.41, 5.74) is 8.61. The second-order valence-electron chi connectivity index (χ2n) is 7.86. The SMILES string of the molecule is Cc1cc(-c2cc(C(=O)N(C)CC(C)(C)CN)c3c(C)noc3n2)c(C)o1.Cl. The molecule has 1 amide bonds. The zero-order valence-electron chi connectivity index (χ0n) is 17.1. The van der Waals surface area contributed by atoms with E-state index in [-0.39, 0.29) is 23.7 Å². The summed E-state index contributed by atoms with van der Waals surface area (Å²) in [7, 11) is 1.78. The van der Waals surface area contributed by atoms with E-state index >= 15 is 0 Å². The van der Waals surface area contributed by atoms with Gasteiger partial charge in [0.05, 0.1) is 22.3 Å². The van der Waals surface area contributed by atoms with Gasteiger partial charge in [-0.2, -0.15) is 0 Å². The molecule has 0 unspecified atom stereocenters. The Hall–Kier alpha value is -2.38. The lowest BCUT2D eigenvalue weighted by molar-refractivity contribution is 0.0742. The van der Waals surface area contributed by atoms with Crippen LogP contribution >= 0.6 is 12.4 Å². The number of pyridine rings is 1. The zero-order chi connectivity index (χ0) is 19.9. The van der Waals surface area contributed by atoms with Crippen molar-refractivity contribution >= 4 is 29.4 Å². The van der Waals surface area contributed by atoms with Crippen molar-refractivity contribution in [3.8, 4) is 11.3 Å². The maximum absolute atomic E-state index is 13.2. The predicted molar refractivity (Wildman–Crippen MR) is 111 cm³/mol. The smallest absolute Gasteiger partial charge is 0.259 e. The first kappa shape index (κ1) is 21.9. The molecule has 8 heteroatoms. The van der Waals surface area contributed by atoms with Gasteiger partial charge in [-0.1, -0.05) is 19.0 Å². The van der Waals surface area contributed by atoms with E-state index in [1.165, 1.54) is 0 Å². The average Bonchev–Trinajstić information content (AvgIpc) is 3.15. The number of hydrogen-bond acceptors (Lipinski definition) is 6. The Morgan fingerprint density at radius 3 is 2.50 bits per heavy atom. The van der Waals surface area contributed by atoms with Gasteiger partial charge >= 0.3 is 0 Å². The normalized spacial score (nSPS) is 11.5. The van der Waals surface area contributed by atoms with Crippen molar-refractivity contribution in [3.63, 3.8) is 0 Å². The molecular weight excluding hydrogens is 380 g/mol. The number of aromatic nitrogens is 2. The fourth-order valence-corrected chi connectivity index (χ4v) is 3.27. The van der Waals surface area contributed by atoms with Crippen LogP contribution in [-0.2, 0) is 0 Å². The number of furan rings is 1. The highest BCUT2D eigenvalue weighted by atomic mass is 35.5. The molecule has 152 valence electrons. The first-order valence-corrected chi connectivity index (χ1v) is 8.93. The van der Waals surface area contributed by atoms with Crippen molar-refractivity contribution in [1.29, 1.82) is 0 Å². The van der Waals surface area contributed by atoms with Crippen LogP contribution in [0.4, 0.5) is 0 Å². The number of carbonyl (C=O) groups excluding carboxylic acids is 1. The Morgan fingerprint density at radius 1 is 1.25 bits per heavy atom. The number of carbonyl (C=O) groups is 1. The molecular formula is C20H27ClN4O3. The number of nitrogens with two attached hydrogens (primary N) is 1. The summed E-state index contributed by atoms with van der Waals surface area (Å²) in [4.78, 5) is 19.5. The van der Waals surface area contributed by atoms with E-state index in [9.17, 15) is 4.79 Å². The minimum Gasteiger partial charge on any atom is -0.466 e. The summed E-state index contributed by atoms with van der Waals surface area (Å²) in [6, 6.07) is 3.69. The molecule has 0 saturated carbocycles. The molecule has 0 aromatic carbocycles. The third-order valence-electron chi connectivity index (χ3n) is 4.73.